The molecule has 0 amide bonds. The van der Waals surface area contributed by atoms with Crippen molar-refractivity contribution >= 4 is 0 Å². The lowest BCUT2D eigenvalue weighted by molar-refractivity contribution is -0.319. The Bertz CT molecular complexity index is 1160. The van der Waals surface area contributed by atoms with E-state index in [0.717, 1.165) is 25.7 Å². The number of alkyl halides is 4. The Kier molecular flexibility index (Phi) is 14.9. The van der Waals surface area contributed by atoms with Crippen molar-refractivity contribution in [2.24, 2.45) is 23.7 Å². The van der Waals surface area contributed by atoms with E-state index in [9.17, 15) is 22.0 Å². The highest BCUT2D eigenvalue weighted by atomic mass is 19.3. The average molecular weight is 717 g/mol. The Morgan fingerprint density at radius 3 is 1.63 bits per heavy atom. The van der Waals surface area contributed by atoms with Crippen LogP contribution in [-0.4, -0.2) is 31.0 Å². The molecule has 0 saturated heterocycles. The molecule has 0 radical (unpaired) electrons. The second-order valence-corrected chi connectivity index (χ2v) is 14.1. The Balaban J connectivity index is 1.13. The van der Waals surface area contributed by atoms with Gasteiger partial charge in [0, 0.05) is 12.1 Å². The molecular formula is C36H49F9O4. The molecule has 1 aromatic carbocycles. The fraction of sp³-hybridized carbons (Fsp3) is 0.778. The van der Waals surface area contributed by atoms with Gasteiger partial charge in [0.05, 0.1) is 30.7 Å². The highest BCUT2D eigenvalue weighted by Crippen LogP contribution is 2.45. The Labute approximate surface area is 283 Å². The van der Waals surface area contributed by atoms with Crippen LogP contribution >= 0.6 is 0 Å². The number of ether oxygens (including phenoxy) is 4. The van der Waals surface area contributed by atoms with E-state index >= 15 is 17.6 Å². The van der Waals surface area contributed by atoms with Crippen LogP contribution < -0.4 is 9.47 Å². The first kappa shape index (κ1) is 39.6. The van der Waals surface area contributed by atoms with Gasteiger partial charge in [0.15, 0.2) is 11.6 Å². The minimum absolute atomic E-state index is 0.00474. The standard InChI is InChI=1S/C36H49F9O4/c1-2-3-4-5-6-7-23-8-12-25(13-9-23)35(42,43)49-28-18-14-26(15-19-28)36(44,45)48-27-16-10-24(11-17-27)22-46-29-20-30(37)32(31(38)21-29)47-34(41)33(39)40/h20-21,23-28H,2-19,22H2,1H3. The molecule has 0 bridgehead atoms. The largest absolute Gasteiger partial charge is 0.493 e. The van der Waals surface area contributed by atoms with Crippen molar-refractivity contribution in [3.8, 4) is 11.5 Å². The molecule has 1 aromatic rings. The minimum atomic E-state index is -3.42. The quantitative estimate of drug-likeness (QED) is 0.0914. The second-order valence-electron chi connectivity index (χ2n) is 14.1. The van der Waals surface area contributed by atoms with E-state index in [1.807, 2.05) is 0 Å². The zero-order valence-corrected chi connectivity index (χ0v) is 28.1. The first-order chi connectivity index (χ1) is 23.3. The van der Waals surface area contributed by atoms with Gasteiger partial charge in [-0.05, 0) is 88.9 Å². The van der Waals surface area contributed by atoms with Crippen LogP contribution in [-0.2, 0) is 9.47 Å². The first-order valence-electron chi connectivity index (χ1n) is 17.9. The van der Waals surface area contributed by atoms with Crippen LogP contribution in [0.3, 0.4) is 0 Å². The summed E-state index contributed by atoms with van der Waals surface area (Å²) >= 11 is 0. The minimum Gasteiger partial charge on any atom is -0.493 e. The van der Waals surface area contributed by atoms with Gasteiger partial charge in [0.1, 0.15) is 5.75 Å². The Hall–Kier alpha value is -2.15. The molecule has 0 aromatic heterocycles. The third-order valence-corrected chi connectivity index (χ3v) is 10.4. The molecule has 280 valence electrons. The maximum Gasteiger partial charge on any atom is 0.358 e. The van der Waals surface area contributed by atoms with Gasteiger partial charge in [-0.1, -0.05) is 45.4 Å². The lowest BCUT2D eigenvalue weighted by Gasteiger charge is -2.39. The van der Waals surface area contributed by atoms with E-state index in [2.05, 4.69) is 11.7 Å². The maximum absolute atomic E-state index is 15.1. The third kappa shape index (κ3) is 12.0. The van der Waals surface area contributed by atoms with Gasteiger partial charge in [-0.15, -0.1) is 0 Å². The van der Waals surface area contributed by atoms with Crippen LogP contribution in [0.15, 0.2) is 24.2 Å². The van der Waals surface area contributed by atoms with E-state index in [-0.39, 0.29) is 44.0 Å². The van der Waals surface area contributed by atoms with Crippen LogP contribution in [0.2, 0.25) is 0 Å². The number of hydrogen-bond acceptors (Lipinski definition) is 4. The molecule has 0 atom stereocenters. The van der Waals surface area contributed by atoms with E-state index < -0.39 is 65.7 Å². The number of unbranched alkanes of at least 4 members (excludes halogenated alkanes) is 4. The summed E-state index contributed by atoms with van der Waals surface area (Å²) < 4.78 is 146. The van der Waals surface area contributed by atoms with Gasteiger partial charge in [0.2, 0.25) is 5.75 Å². The maximum atomic E-state index is 15.1. The molecule has 3 fully saturated rings. The van der Waals surface area contributed by atoms with Crippen molar-refractivity contribution in [2.45, 2.75) is 147 Å². The van der Waals surface area contributed by atoms with E-state index in [1.54, 1.807) is 0 Å². The third-order valence-electron chi connectivity index (χ3n) is 10.4. The zero-order chi connectivity index (χ0) is 35.6. The topological polar surface area (TPSA) is 36.9 Å². The lowest BCUT2D eigenvalue weighted by atomic mass is 9.79. The summed E-state index contributed by atoms with van der Waals surface area (Å²) in [5.74, 6) is -6.07. The molecule has 3 aliphatic rings. The van der Waals surface area contributed by atoms with Gasteiger partial charge in [-0.3, -0.25) is 0 Å². The SMILES string of the molecule is CCCCCCCC1CCC(C(F)(F)OC2CCC(C(F)(F)OC3CCC(COc4cc(F)c(OC(F)=C(F)F)c(F)c4)CC3)CC2)CC1. The number of rotatable bonds is 17. The van der Waals surface area contributed by atoms with Crippen LogP contribution in [0, 0.1) is 35.3 Å². The monoisotopic (exact) mass is 716 g/mol. The van der Waals surface area contributed by atoms with Crippen molar-refractivity contribution in [1.29, 1.82) is 0 Å². The fourth-order valence-corrected chi connectivity index (χ4v) is 7.45. The molecule has 0 unspecified atom stereocenters. The van der Waals surface area contributed by atoms with Gasteiger partial charge in [-0.2, -0.15) is 30.7 Å². The predicted molar refractivity (Wildman–Crippen MR) is 165 cm³/mol. The summed E-state index contributed by atoms with van der Waals surface area (Å²) in [6.45, 7) is 2.18. The van der Waals surface area contributed by atoms with Crippen molar-refractivity contribution in [3.05, 3.63) is 35.9 Å². The van der Waals surface area contributed by atoms with Crippen LogP contribution in [0.1, 0.15) is 122 Å². The molecule has 4 rings (SSSR count). The normalized spacial score (nSPS) is 26.7. The molecule has 0 aliphatic heterocycles. The van der Waals surface area contributed by atoms with Crippen molar-refractivity contribution in [1.82, 2.24) is 0 Å². The lowest BCUT2D eigenvalue weighted by Crippen LogP contribution is -2.42. The summed E-state index contributed by atoms with van der Waals surface area (Å²) in [5.41, 5.74) is 0. The molecule has 4 nitrogen and oxygen atoms in total. The van der Waals surface area contributed by atoms with Crippen molar-refractivity contribution in [3.63, 3.8) is 0 Å². The number of halogens is 9. The predicted octanol–water partition coefficient (Wildman–Crippen LogP) is 12.3. The molecule has 49 heavy (non-hydrogen) atoms. The van der Waals surface area contributed by atoms with Gasteiger partial charge < -0.3 is 18.9 Å². The molecule has 13 heteroatoms. The van der Waals surface area contributed by atoms with Crippen molar-refractivity contribution in [2.75, 3.05) is 6.61 Å². The molecule has 0 spiro atoms. The average Bonchev–Trinajstić information content (AvgIpc) is 3.06. The molecular weight excluding hydrogens is 667 g/mol. The second kappa shape index (κ2) is 18.4. The smallest absolute Gasteiger partial charge is 0.358 e. The van der Waals surface area contributed by atoms with Crippen LogP contribution in [0.4, 0.5) is 39.5 Å². The first-order valence-corrected chi connectivity index (χ1v) is 17.9. The van der Waals surface area contributed by atoms with Crippen LogP contribution in [0.25, 0.3) is 0 Å². The summed E-state index contributed by atoms with van der Waals surface area (Å²) in [6, 6.07) is -1.09. The molecule has 3 aliphatic carbocycles. The van der Waals surface area contributed by atoms with Gasteiger partial charge in [0.25, 0.3) is 0 Å². The fourth-order valence-electron chi connectivity index (χ4n) is 7.45. The number of hydrogen-bond donors (Lipinski definition) is 0. The summed E-state index contributed by atoms with van der Waals surface area (Å²) in [4.78, 5) is 0. The highest BCUT2D eigenvalue weighted by Gasteiger charge is 2.48. The van der Waals surface area contributed by atoms with Gasteiger partial charge in [-0.25, -0.2) is 8.78 Å². The molecule has 0 heterocycles. The highest BCUT2D eigenvalue weighted by molar-refractivity contribution is 5.35. The summed E-state index contributed by atoms with van der Waals surface area (Å²) in [7, 11) is 0. The zero-order valence-electron chi connectivity index (χ0n) is 28.1. The van der Waals surface area contributed by atoms with E-state index in [4.69, 9.17) is 14.2 Å². The Morgan fingerprint density at radius 1 is 0.653 bits per heavy atom. The van der Waals surface area contributed by atoms with Gasteiger partial charge >= 0.3 is 24.3 Å². The summed E-state index contributed by atoms with van der Waals surface area (Å²) in [5, 5.41) is 0. The van der Waals surface area contributed by atoms with Crippen LogP contribution in [0.5, 0.6) is 11.5 Å². The van der Waals surface area contributed by atoms with Crippen molar-refractivity contribution < 1.29 is 58.5 Å². The van der Waals surface area contributed by atoms with E-state index in [1.165, 1.54) is 25.7 Å². The Morgan fingerprint density at radius 2 is 1.12 bits per heavy atom. The molecule has 3 saturated carbocycles. The number of benzene rings is 1. The summed E-state index contributed by atoms with van der Waals surface area (Å²) in [6.07, 6.45) is 0.183. The van der Waals surface area contributed by atoms with E-state index in [0.29, 0.717) is 56.6 Å². The molecule has 0 N–H and O–H groups in total.